The number of carbonyl (C=O) groups is 1. The van der Waals surface area contributed by atoms with Crippen LogP contribution in [0.1, 0.15) is 24.8 Å². The van der Waals surface area contributed by atoms with Gasteiger partial charge in [0.2, 0.25) is 5.91 Å². The van der Waals surface area contributed by atoms with Crippen LogP contribution < -0.4 is 9.62 Å². The minimum Gasteiger partial charge on any atom is -0.312 e. The van der Waals surface area contributed by atoms with Crippen LogP contribution in [-0.4, -0.2) is 20.9 Å². The lowest BCUT2D eigenvalue weighted by Crippen LogP contribution is -2.35. The van der Waals surface area contributed by atoms with Crippen molar-refractivity contribution >= 4 is 27.3 Å². The number of nitrogens with zero attached hydrogens (tertiary/aromatic N) is 1. The Balaban J connectivity index is 1.76. The number of carbonyl (C=O) groups excluding carboxylic acids is 1. The van der Waals surface area contributed by atoms with Crippen LogP contribution in [0.3, 0.4) is 0 Å². The van der Waals surface area contributed by atoms with Crippen LogP contribution in [-0.2, 0) is 21.0 Å². The molecule has 1 aliphatic heterocycles. The maximum Gasteiger partial charge on any atom is 0.416 e. The summed E-state index contributed by atoms with van der Waals surface area (Å²) in [6, 6.07) is 9.55. The van der Waals surface area contributed by atoms with Crippen molar-refractivity contribution in [1.29, 1.82) is 0 Å². The number of halogens is 3. The molecule has 1 amide bonds. The summed E-state index contributed by atoms with van der Waals surface area (Å²) in [6.45, 7) is 0.592. The van der Waals surface area contributed by atoms with Crippen molar-refractivity contribution in [1.82, 2.24) is 0 Å². The highest BCUT2D eigenvalue weighted by Crippen LogP contribution is 2.30. The van der Waals surface area contributed by atoms with Crippen LogP contribution in [0.5, 0.6) is 0 Å². The quantitative estimate of drug-likeness (QED) is 0.846. The molecule has 2 aromatic rings. The number of benzene rings is 2. The summed E-state index contributed by atoms with van der Waals surface area (Å²) in [5.74, 6) is -0.000244. The van der Waals surface area contributed by atoms with E-state index in [1.807, 2.05) is 0 Å². The van der Waals surface area contributed by atoms with Gasteiger partial charge in [-0.25, -0.2) is 8.42 Å². The number of piperidine rings is 1. The van der Waals surface area contributed by atoms with Crippen molar-refractivity contribution in [3.8, 4) is 0 Å². The number of rotatable bonds is 4. The molecule has 1 fully saturated rings. The van der Waals surface area contributed by atoms with Gasteiger partial charge < -0.3 is 4.90 Å². The standard InChI is InChI=1S/C18H17F3N2O3S/c19-18(20,21)13-4-6-14(7-5-13)22-27(25,26)16-10-8-15(9-11-16)23-12-2-1-3-17(23)24/h4-11,22H,1-3,12H2. The predicted molar refractivity (Wildman–Crippen MR) is 94.9 cm³/mol. The lowest BCUT2D eigenvalue weighted by molar-refractivity contribution is -0.137. The topological polar surface area (TPSA) is 66.5 Å². The molecule has 0 aromatic heterocycles. The molecule has 3 rings (SSSR count). The van der Waals surface area contributed by atoms with Crippen molar-refractivity contribution in [3.05, 3.63) is 54.1 Å². The van der Waals surface area contributed by atoms with Crippen LogP contribution in [0, 0.1) is 0 Å². The van der Waals surface area contributed by atoms with E-state index in [-0.39, 0.29) is 16.5 Å². The van der Waals surface area contributed by atoms with Gasteiger partial charge in [-0.05, 0) is 61.4 Å². The SMILES string of the molecule is O=C1CCCCN1c1ccc(S(=O)(=O)Nc2ccc(C(F)(F)F)cc2)cc1. The molecule has 0 saturated carbocycles. The van der Waals surface area contributed by atoms with Gasteiger partial charge in [0.15, 0.2) is 0 Å². The second-order valence-electron chi connectivity index (χ2n) is 6.18. The number of anilines is 2. The normalized spacial score (nSPS) is 15.7. The Morgan fingerprint density at radius 3 is 2.11 bits per heavy atom. The zero-order chi connectivity index (χ0) is 19.7. The number of amides is 1. The summed E-state index contributed by atoms with van der Waals surface area (Å²) in [5, 5.41) is 0. The summed E-state index contributed by atoms with van der Waals surface area (Å²) in [5.41, 5.74) is -0.215. The first kappa shape index (κ1) is 19.2. The van der Waals surface area contributed by atoms with Crippen molar-refractivity contribution in [2.24, 2.45) is 0 Å². The van der Waals surface area contributed by atoms with Gasteiger partial charge in [-0.2, -0.15) is 13.2 Å². The molecule has 0 atom stereocenters. The Bertz CT molecular complexity index is 924. The molecule has 0 aliphatic carbocycles. The molecule has 27 heavy (non-hydrogen) atoms. The second-order valence-corrected chi connectivity index (χ2v) is 7.86. The predicted octanol–water partition coefficient (Wildman–Crippen LogP) is 4.02. The molecular formula is C18H17F3N2O3S. The first-order valence-electron chi connectivity index (χ1n) is 8.27. The first-order valence-corrected chi connectivity index (χ1v) is 9.76. The van der Waals surface area contributed by atoms with Gasteiger partial charge in [-0.3, -0.25) is 9.52 Å². The fourth-order valence-corrected chi connectivity index (χ4v) is 3.88. The van der Waals surface area contributed by atoms with E-state index in [0.29, 0.717) is 18.7 Å². The molecule has 1 heterocycles. The fraction of sp³-hybridized carbons (Fsp3) is 0.278. The van der Waals surface area contributed by atoms with Crippen LogP contribution in [0.4, 0.5) is 24.5 Å². The Labute approximate surface area is 154 Å². The monoisotopic (exact) mass is 398 g/mol. The third-order valence-electron chi connectivity index (χ3n) is 4.25. The Morgan fingerprint density at radius 1 is 0.926 bits per heavy atom. The zero-order valence-corrected chi connectivity index (χ0v) is 15.0. The van der Waals surface area contributed by atoms with Crippen LogP contribution in [0.25, 0.3) is 0 Å². The minimum atomic E-state index is -4.49. The highest BCUT2D eigenvalue weighted by Gasteiger charge is 2.30. The van der Waals surface area contributed by atoms with Crippen LogP contribution >= 0.6 is 0 Å². The number of hydrogen-bond acceptors (Lipinski definition) is 3. The van der Waals surface area contributed by atoms with Crippen LogP contribution in [0.15, 0.2) is 53.4 Å². The van der Waals surface area contributed by atoms with Crippen molar-refractivity contribution < 1.29 is 26.4 Å². The van der Waals surface area contributed by atoms with Gasteiger partial charge in [-0.15, -0.1) is 0 Å². The van der Waals surface area contributed by atoms with Crippen molar-refractivity contribution in [2.75, 3.05) is 16.2 Å². The molecule has 0 spiro atoms. The van der Waals surface area contributed by atoms with E-state index >= 15 is 0 Å². The maximum atomic E-state index is 12.6. The van der Waals surface area contributed by atoms with E-state index in [4.69, 9.17) is 0 Å². The van der Waals surface area contributed by atoms with Gasteiger partial charge in [0.1, 0.15) is 0 Å². The number of hydrogen-bond donors (Lipinski definition) is 1. The molecular weight excluding hydrogens is 381 g/mol. The van der Waals surface area contributed by atoms with E-state index in [9.17, 15) is 26.4 Å². The zero-order valence-electron chi connectivity index (χ0n) is 14.2. The second kappa shape index (κ2) is 7.22. The molecule has 1 N–H and O–H groups in total. The molecule has 1 saturated heterocycles. The van der Waals surface area contributed by atoms with E-state index < -0.39 is 21.8 Å². The van der Waals surface area contributed by atoms with Gasteiger partial charge >= 0.3 is 6.18 Å². The molecule has 144 valence electrons. The molecule has 5 nitrogen and oxygen atoms in total. The first-order chi connectivity index (χ1) is 12.7. The Morgan fingerprint density at radius 2 is 1.56 bits per heavy atom. The third kappa shape index (κ3) is 4.41. The maximum absolute atomic E-state index is 12.6. The molecule has 0 radical (unpaired) electrons. The molecule has 1 aliphatic rings. The lowest BCUT2D eigenvalue weighted by Gasteiger charge is -2.26. The summed E-state index contributed by atoms with van der Waals surface area (Å²) in [4.78, 5) is 13.5. The molecule has 0 unspecified atom stereocenters. The van der Waals surface area contributed by atoms with Gasteiger partial charge in [0.25, 0.3) is 10.0 Å². The Hall–Kier alpha value is -2.55. The number of alkyl halides is 3. The lowest BCUT2D eigenvalue weighted by atomic mass is 10.1. The third-order valence-corrected chi connectivity index (χ3v) is 5.64. The fourth-order valence-electron chi connectivity index (χ4n) is 2.83. The Kier molecular flexibility index (Phi) is 5.14. The van der Waals surface area contributed by atoms with Crippen molar-refractivity contribution in [3.63, 3.8) is 0 Å². The molecule has 9 heteroatoms. The van der Waals surface area contributed by atoms with Gasteiger partial charge in [0, 0.05) is 24.3 Å². The van der Waals surface area contributed by atoms with E-state index in [1.165, 1.54) is 12.1 Å². The smallest absolute Gasteiger partial charge is 0.312 e. The van der Waals surface area contributed by atoms with E-state index in [0.717, 1.165) is 37.1 Å². The highest BCUT2D eigenvalue weighted by molar-refractivity contribution is 7.92. The minimum absolute atomic E-state index is 0.000244. The summed E-state index contributed by atoms with van der Waals surface area (Å²) < 4.78 is 64.8. The van der Waals surface area contributed by atoms with Crippen LogP contribution in [0.2, 0.25) is 0 Å². The largest absolute Gasteiger partial charge is 0.416 e. The average molecular weight is 398 g/mol. The molecule has 0 bridgehead atoms. The summed E-state index contributed by atoms with van der Waals surface area (Å²) in [6.07, 6.45) is -2.28. The summed E-state index contributed by atoms with van der Waals surface area (Å²) in [7, 11) is -3.96. The summed E-state index contributed by atoms with van der Waals surface area (Å²) >= 11 is 0. The number of sulfonamides is 1. The van der Waals surface area contributed by atoms with Crippen molar-refractivity contribution in [2.45, 2.75) is 30.3 Å². The van der Waals surface area contributed by atoms with Gasteiger partial charge in [0.05, 0.1) is 10.5 Å². The number of nitrogens with one attached hydrogen (secondary N) is 1. The van der Waals surface area contributed by atoms with E-state index in [1.54, 1.807) is 17.0 Å². The average Bonchev–Trinajstić information content (AvgIpc) is 2.62. The van der Waals surface area contributed by atoms with E-state index in [2.05, 4.69) is 4.72 Å². The molecule has 2 aromatic carbocycles. The highest BCUT2D eigenvalue weighted by atomic mass is 32.2. The van der Waals surface area contributed by atoms with Gasteiger partial charge in [-0.1, -0.05) is 0 Å².